The van der Waals surface area contributed by atoms with Gasteiger partial charge in [0, 0.05) is 12.7 Å². The van der Waals surface area contributed by atoms with E-state index >= 15 is 0 Å². The van der Waals surface area contributed by atoms with E-state index in [2.05, 4.69) is 16.0 Å². The van der Waals surface area contributed by atoms with Crippen molar-refractivity contribution in [2.75, 3.05) is 13.7 Å². The van der Waals surface area contributed by atoms with Gasteiger partial charge in [-0.05, 0) is 49.8 Å². The van der Waals surface area contributed by atoms with Crippen LogP contribution in [0.4, 0.5) is 0 Å². The lowest BCUT2D eigenvalue weighted by molar-refractivity contribution is 0.0525. The number of rotatable bonds is 6. The summed E-state index contributed by atoms with van der Waals surface area (Å²) in [6.45, 7) is 4.65. The Morgan fingerprint density at radius 3 is 2.79 bits per heavy atom. The molecule has 1 N–H and O–H groups in total. The third-order valence-electron chi connectivity index (χ3n) is 4.62. The van der Waals surface area contributed by atoms with Crippen LogP contribution in [0.1, 0.15) is 59.3 Å². The van der Waals surface area contributed by atoms with Crippen molar-refractivity contribution in [1.82, 2.24) is 9.97 Å². The summed E-state index contributed by atoms with van der Waals surface area (Å²) in [6, 6.07) is 4.06. The van der Waals surface area contributed by atoms with Crippen LogP contribution in [0.15, 0.2) is 18.3 Å². The van der Waals surface area contributed by atoms with Gasteiger partial charge < -0.3 is 14.5 Å². The number of benzene rings is 1. The van der Waals surface area contributed by atoms with E-state index in [0.717, 1.165) is 22.6 Å². The predicted octanol–water partition coefficient (Wildman–Crippen LogP) is 3.98. The molecule has 1 aliphatic carbocycles. The summed E-state index contributed by atoms with van der Waals surface area (Å²) >= 11 is 0. The minimum atomic E-state index is -0.278. The van der Waals surface area contributed by atoms with Gasteiger partial charge in [0.05, 0.1) is 30.7 Å². The number of carbonyl (C=O) groups is 1. The number of aromatic amines is 1. The van der Waals surface area contributed by atoms with Crippen LogP contribution in [-0.2, 0) is 16.1 Å². The molecule has 0 spiro atoms. The van der Waals surface area contributed by atoms with Crippen molar-refractivity contribution in [3.8, 4) is 11.4 Å². The Kier molecular flexibility index (Phi) is 5.00. The van der Waals surface area contributed by atoms with Crippen LogP contribution in [0.3, 0.4) is 0 Å². The fourth-order valence-corrected chi connectivity index (χ4v) is 3.15. The van der Waals surface area contributed by atoms with Crippen LogP contribution in [0.5, 0.6) is 0 Å². The number of nitrogens with zero attached hydrogens (tertiary/aromatic N) is 1. The molecule has 128 valence electrons. The van der Waals surface area contributed by atoms with Gasteiger partial charge in [-0.25, -0.2) is 9.78 Å². The molecule has 5 heteroatoms. The van der Waals surface area contributed by atoms with Gasteiger partial charge in [-0.3, -0.25) is 0 Å². The van der Waals surface area contributed by atoms with Gasteiger partial charge in [0.25, 0.3) is 0 Å². The van der Waals surface area contributed by atoms with E-state index in [1.54, 1.807) is 13.3 Å². The molecule has 1 aromatic carbocycles. The largest absolute Gasteiger partial charge is 0.462 e. The first-order chi connectivity index (χ1) is 11.6. The van der Waals surface area contributed by atoms with Gasteiger partial charge >= 0.3 is 5.97 Å². The van der Waals surface area contributed by atoms with Crippen LogP contribution < -0.4 is 0 Å². The first-order valence-corrected chi connectivity index (χ1v) is 8.48. The number of methoxy groups -OCH3 is 1. The summed E-state index contributed by atoms with van der Waals surface area (Å²) in [5.74, 6) is 1.06. The maximum atomic E-state index is 12.2. The number of aryl methyl sites for hydroxylation is 1. The average molecular weight is 328 g/mol. The molecule has 1 aromatic heterocycles. The summed E-state index contributed by atoms with van der Waals surface area (Å²) in [5, 5.41) is 0. The Hall–Kier alpha value is -2.14. The number of nitrogens with one attached hydrogen (secondary N) is 1. The van der Waals surface area contributed by atoms with Crippen molar-refractivity contribution in [1.29, 1.82) is 0 Å². The van der Waals surface area contributed by atoms with Gasteiger partial charge in [-0.15, -0.1) is 0 Å². The van der Waals surface area contributed by atoms with Crippen LogP contribution >= 0.6 is 0 Å². The SMILES string of the molecule is CCOC(=O)c1cc(-c2ncc(COC)[nH]2)c(C2CCC2)cc1C. The number of esters is 1. The van der Waals surface area contributed by atoms with Gasteiger partial charge in [0.2, 0.25) is 0 Å². The fourth-order valence-electron chi connectivity index (χ4n) is 3.15. The van der Waals surface area contributed by atoms with E-state index in [1.165, 1.54) is 24.8 Å². The second-order valence-corrected chi connectivity index (χ2v) is 6.29. The highest BCUT2D eigenvalue weighted by Gasteiger charge is 2.26. The highest BCUT2D eigenvalue weighted by atomic mass is 16.5. The Morgan fingerprint density at radius 2 is 2.17 bits per heavy atom. The zero-order valence-electron chi connectivity index (χ0n) is 14.5. The van der Waals surface area contributed by atoms with Gasteiger partial charge in [0.1, 0.15) is 5.82 Å². The Balaban J connectivity index is 2.05. The third kappa shape index (κ3) is 3.22. The molecule has 0 radical (unpaired) electrons. The zero-order chi connectivity index (χ0) is 17.1. The van der Waals surface area contributed by atoms with Crippen molar-refractivity contribution < 1.29 is 14.3 Å². The molecule has 1 aliphatic rings. The van der Waals surface area contributed by atoms with Crippen LogP contribution in [-0.4, -0.2) is 29.7 Å². The molecule has 0 atom stereocenters. The van der Waals surface area contributed by atoms with Crippen LogP contribution in [0.2, 0.25) is 0 Å². The van der Waals surface area contributed by atoms with E-state index < -0.39 is 0 Å². The second-order valence-electron chi connectivity index (χ2n) is 6.29. The first kappa shape index (κ1) is 16.7. The fraction of sp³-hybridized carbons (Fsp3) is 0.474. The Morgan fingerprint density at radius 1 is 1.38 bits per heavy atom. The highest BCUT2D eigenvalue weighted by Crippen LogP contribution is 2.41. The molecule has 1 heterocycles. The van der Waals surface area contributed by atoms with E-state index in [4.69, 9.17) is 9.47 Å². The monoisotopic (exact) mass is 328 g/mol. The third-order valence-corrected chi connectivity index (χ3v) is 4.62. The average Bonchev–Trinajstić information content (AvgIpc) is 2.95. The van der Waals surface area contributed by atoms with Gasteiger partial charge in [-0.1, -0.05) is 12.5 Å². The molecule has 24 heavy (non-hydrogen) atoms. The van der Waals surface area contributed by atoms with Crippen LogP contribution in [0.25, 0.3) is 11.4 Å². The summed E-state index contributed by atoms with van der Waals surface area (Å²) in [5.41, 5.74) is 4.76. The summed E-state index contributed by atoms with van der Waals surface area (Å²) in [7, 11) is 1.66. The molecule has 5 nitrogen and oxygen atoms in total. The molecule has 0 unspecified atom stereocenters. The van der Waals surface area contributed by atoms with Crippen molar-refractivity contribution in [3.63, 3.8) is 0 Å². The van der Waals surface area contributed by atoms with E-state index in [0.29, 0.717) is 24.7 Å². The first-order valence-electron chi connectivity index (χ1n) is 8.48. The Labute approximate surface area is 142 Å². The standard InChI is InChI=1S/C19H24N2O3/c1-4-24-19(22)15-9-17(18-20-10-14(21-18)11-23-3)16(8-12(15)2)13-6-5-7-13/h8-10,13H,4-7,11H2,1-3H3,(H,20,21). The zero-order valence-corrected chi connectivity index (χ0v) is 14.5. The Bertz CT molecular complexity index is 732. The topological polar surface area (TPSA) is 64.2 Å². The highest BCUT2D eigenvalue weighted by molar-refractivity contribution is 5.93. The molecule has 1 saturated carbocycles. The van der Waals surface area contributed by atoms with Gasteiger partial charge in [0.15, 0.2) is 0 Å². The summed E-state index contributed by atoms with van der Waals surface area (Å²) < 4.78 is 10.3. The minimum Gasteiger partial charge on any atom is -0.462 e. The maximum absolute atomic E-state index is 12.2. The second kappa shape index (κ2) is 7.18. The maximum Gasteiger partial charge on any atom is 0.338 e. The molecule has 1 fully saturated rings. The number of hydrogen-bond donors (Lipinski definition) is 1. The van der Waals surface area contributed by atoms with Gasteiger partial charge in [-0.2, -0.15) is 0 Å². The van der Waals surface area contributed by atoms with E-state index in [-0.39, 0.29) is 5.97 Å². The number of carbonyl (C=O) groups excluding carboxylic acids is 1. The summed E-state index contributed by atoms with van der Waals surface area (Å²) in [6.07, 6.45) is 5.43. The number of aromatic nitrogens is 2. The number of H-pyrrole nitrogens is 1. The minimum absolute atomic E-state index is 0.278. The number of hydrogen-bond acceptors (Lipinski definition) is 4. The number of ether oxygens (including phenoxy) is 2. The molecular formula is C19H24N2O3. The molecule has 0 bridgehead atoms. The lowest BCUT2D eigenvalue weighted by Gasteiger charge is -2.28. The molecule has 0 amide bonds. The number of imidazole rings is 1. The smallest absolute Gasteiger partial charge is 0.338 e. The lowest BCUT2D eigenvalue weighted by Crippen LogP contribution is -2.13. The van der Waals surface area contributed by atoms with Crippen molar-refractivity contribution in [2.45, 2.75) is 45.6 Å². The van der Waals surface area contributed by atoms with Crippen molar-refractivity contribution in [2.24, 2.45) is 0 Å². The van der Waals surface area contributed by atoms with E-state index in [1.807, 2.05) is 19.9 Å². The van der Waals surface area contributed by atoms with Crippen LogP contribution in [0, 0.1) is 6.92 Å². The molecule has 0 aliphatic heterocycles. The van der Waals surface area contributed by atoms with Crippen molar-refractivity contribution in [3.05, 3.63) is 40.7 Å². The summed E-state index contributed by atoms with van der Waals surface area (Å²) in [4.78, 5) is 20.0. The van der Waals surface area contributed by atoms with Crippen molar-refractivity contribution >= 4 is 5.97 Å². The lowest BCUT2D eigenvalue weighted by atomic mass is 9.77. The van der Waals surface area contributed by atoms with E-state index in [9.17, 15) is 4.79 Å². The molecular weight excluding hydrogens is 304 g/mol. The normalized spacial score (nSPS) is 14.5. The molecule has 2 aromatic rings. The molecule has 0 saturated heterocycles. The predicted molar refractivity (Wildman–Crippen MR) is 92.0 cm³/mol. The quantitative estimate of drug-likeness (QED) is 0.815. The molecule has 3 rings (SSSR count).